The Labute approximate surface area is 190 Å². The third kappa shape index (κ3) is 5.61. The number of carbonyl (C=O) groups is 2. The minimum absolute atomic E-state index is 0.0560. The van der Waals surface area contributed by atoms with Gasteiger partial charge in [0.05, 0.1) is 10.6 Å². The molecule has 0 bridgehead atoms. The van der Waals surface area contributed by atoms with E-state index in [0.29, 0.717) is 11.4 Å². The van der Waals surface area contributed by atoms with Crippen LogP contribution in [0.5, 0.6) is 5.75 Å². The second kappa shape index (κ2) is 10.2. The summed E-state index contributed by atoms with van der Waals surface area (Å²) in [7, 11) is -3.72. The number of carbonyl (C=O) groups excluding carboxylic acids is 2. The molecule has 1 aliphatic heterocycles. The predicted molar refractivity (Wildman–Crippen MR) is 121 cm³/mol. The van der Waals surface area contributed by atoms with E-state index in [4.69, 9.17) is 4.74 Å². The highest BCUT2D eigenvalue weighted by Gasteiger charge is 2.31. The average Bonchev–Trinajstić information content (AvgIpc) is 3.24. The first kappa shape index (κ1) is 23.0. The van der Waals surface area contributed by atoms with Crippen molar-refractivity contribution in [2.45, 2.75) is 87.6 Å². The van der Waals surface area contributed by atoms with E-state index in [1.807, 2.05) is 0 Å². The minimum Gasteiger partial charge on any atom is -0.482 e. The van der Waals surface area contributed by atoms with Crippen molar-refractivity contribution < 1.29 is 22.7 Å². The van der Waals surface area contributed by atoms with Gasteiger partial charge >= 0.3 is 0 Å². The first-order valence-corrected chi connectivity index (χ1v) is 13.3. The van der Waals surface area contributed by atoms with Gasteiger partial charge in [0.1, 0.15) is 12.3 Å². The minimum atomic E-state index is -3.72. The fraction of sp³-hybridized carbons (Fsp3) is 0.652. The third-order valence-electron chi connectivity index (χ3n) is 6.63. The van der Waals surface area contributed by atoms with E-state index >= 15 is 0 Å². The first-order valence-electron chi connectivity index (χ1n) is 11.8. The maximum Gasteiger partial charge on any atom is 0.265 e. The molecule has 0 atom stereocenters. The van der Waals surface area contributed by atoms with Crippen LogP contribution in [0.4, 0.5) is 5.69 Å². The largest absolute Gasteiger partial charge is 0.482 e. The molecule has 1 aromatic rings. The lowest BCUT2D eigenvalue weighted by atomic mass is 9.97. The number of fused-ring (bicyclic) bond motifs is 1. The maximum absolute atomic E-state index is 12.9. The number of benzene rings is 1. The van der Waals surface area contributed by atoms with E-state index < -0.39 is 10.0 Å². The van der Waals surface area contributed by atoms with Crippen molar-refractivity contribution in [3.63, 3.8) is 0 Å². The van der Waals surface area contributed by atoms with Gasteiger partial charge in [-0.2, -0.15) is 0 Å². The molecule has 0 aromatic heterocycles. The van der Waals surface area contributed by atoms with E-state index in [0.717, 1.165) is 51.4 Å². The van der Waals surface area contributed by atoms with Crippen LogP contribution in [0.3, 0.4) is 0 Å². The summed E-state index contributed by atoms with van der Waals surface area (Å²) in [4.78, 5) is 26.8. The zero-order valence-corrected chi connectivity index (χ0v) is 19.3. The highest BCUT2D eigenvalue weighted by Crippen LogP contribution is 2.34. The fourth-order valence-corrected chi connectivity index (χ4v) is 6.20. The zero-order chi connectivity index (χ0) is 22.6. The van der Waals surface area contributed by atoms with E-state index in [-0.39, 0.29) is 41.9 Å². The van der Waals surface area contributed by atoms with Crippen LogP contribution in [-0.4, -0.2) is 45.5 Å². The van der Waals surface area contributed by atoms with E-state index in [1.54, 1.807) is 6.07 Å². The van der Waals surface area contributed by atoms with Gasteiger partial charge in [-0.1, -0.05) is 44.9 Å². The molecule has 0 saturated heterocycles. The molecule has 4 rings (SSSR count). The Bertz CT molecular complexity index is 935. The van der Waals surface area contributed by atoms with Crippen molar-refractivity contribution in [2.24, 2.45) is 0 Å². The highest BCUT2D eigenvalue weighted by molar-refractivity contribution is 7.89. The van der Waals surface area contributed by atoms with Gasteiger partial charge in [-0.25, -0.2) is 13.1 Å². The van der Waals surface area contributed by atoms with Crippen LogP contribution in [0, 0.1) is 0 Å². The van der Waals surface area contributed by atoms with Crippen LogP contribution in [0.1, 0.15) is 70.6 Å². The smallest absolute Gasteiger partial charge is 0.265 e. The van der Waals surface area contributed by atoms with Gasteiger partial charge in [-0.15, -0.1) is 0 Å². The van der Waals surface area contributed by atoms with Crippen LogP contribution in [0.25, 0.3) is 0 Å². The molecule has 0 spiro atoms. The lowest BCUT2D eigenvalue weighted by Gasteiger charge is -2.30. The summed E-state index contributed by atoms with van der Waals surface area (Å²) < 4.78 is 34.0. The number of sulfonamides is 1. The summed E-state index contributed by atoms with van der Waals surface area (Å²) in [6.45, 7) is -0.318. The van der Waals surface area contributed by atoms with Crippen LogP contribution in [-0.2, 0) is 19.6 Å². The van der Waals surface area contributed by atoms with Crippen molar-refractivity contribution >= 4 is 27.5 Å². The maximum atomic E-state index is 12.9. The molecule has 2 fully saturated rings. The molecular weight excluding hydrogens is 430 g/mol. The normalized spacial score (nSPS) is 20.9. The molecule has 176 valence electrons. The summed E-state index contributed by atoms with van der Waals surface area (Å²) in [5.74, 6) is -0.180. The van der Waals surface area contributed by atoms with Gasteiger partial charge in [-0.05, 0) is 43.9 Å². The third-order valence-corrected chi connectivity index (χ3v) is 8.15. The lowest BCUT2D eigenvalue weighted by Crippen LogP contribution is -2.47. The monoisotopic (exact) mass is 463 g/mol. The van der Waals surface area contributed by atoms with E-state index in [1.165, 1.54) is 36.3 Å². The lowest BCUT2D eigenvalue weighted by molar-refractivity contribution is -0.125. The Morgan fingerprint density at radius 3 is 2.31 bits per heavy atom. The zero-order valence-electron chi connectivity index (χ0n) is 18.5. The van der Waals surface area contributed by atoms with Crippen molar-refractivity contribution in [1.82, 2.24) is 10.0 Å². The number of rotatable bonds is 6. The van der Waals surface area contributed by atoms with Crippen LogP contribution in [0.2, 0.25) is 0 Å². The van der Waals surface area contributed by atoms with Crippen molar-refractivity contribution in [3.8, 4) is 5.75 Å². The molecule has 3 aliphatic rings. The fourth-order valence-electron chi connectivity index (χ4n) is 4.87. The van der Waals surface area contributed by atoms with Gasteiger partial charge in [0.2, 0.25) is 15.9 Å². The summed E-state index contributed by atoms with van der Waals surface area (Å²) in [6, 6.07) is 4.55. The number of nitrogens with one attached hydrogen (secondary N) is 2. The Balaban J connectivity index is 1.48. The molecule has 1 aromatic carbocycles. The van der Waals surface area contributed by atoms with Crippen molar-refractivity contribution in [1.29, 1.82) is 0 Å². The number of nitrogens with zero attached hydrogens (tertiary/aromatic N) is 1. The van der Waals surface area contributed by atoms with Crippen molar-refractivity contribution in [2.75, 3.05) is 18.1 Å². The molecule has 9 heteroatoms. The molecule has 1 heterocycles. The molecule has 8 nitrogen and oxygen atoms in total. The van der Waals surface area contributed by atoms with Gasteiger partial charge in [-0.3, -0.25) is 14.5 Å². The molecule has 2 N–H and O–H groups in total. The SMILES string of the molecule is O=C(CN1C(=O)COc2ccc(S(=O)(=O)NC3CCCC3)cc21)NC1CCCCCCC1. The second-order valence-electron chi connectivity index (χ2n) is 9.11. The molecule has 0 radical (unpaired) electrons. The standard InChI is InChI=1S/C23H33N3O5S/c27-22(24-17-8-4-2-1-3-5-9-17)15-26-20-14-19(12-13-21(20)31-16-23(26)28)32(29,30)25-18-10-6-7-11-18/h12-14,17-18,25H,1-11,15-16H2,(H,24,27). The van der Waals surface area contributed by atoms with Gasteiger partial charge in [0.25, 0.3) is 5.91 Å². The van der Waals surface area contributed by atoms with Gasteiger partial charge < -0.3 is 10.1 Å². The molecule has 2 amide bonds. The molecule has 0 unspecified atom stereocenters. The number of anilines is 1. The Kier molecular flexibility index (Phi) is 7.35. The van der Waals surface area contributed by atoms with Crippen LogP contribution in [0.15, 0.2) is 23.1 Å². The summed E-state index contributed by atoms with van der Waals surface area (Å²) >= 11 is 0. The second-order valence-corrected chi connectivity index (χ2v) is 10.8. The van der Waals surface area contributed by atoms with E-state index in [2.05, 4.69) is 10.0 Å². The number of hydrogen-bond donors (Lipinski definition) is 2. The number of hydrogen-bond acceptors (Lipinski definition) is 5. The van der Waals surface area contributed by atoms with Crippen LogP contribution >= 0.6 is 0 Å². The average molecular weight is 464 g/mol. The quantitative estimate of drug-likeness (QED) is 0.675. The Morgan fingerprint density at radius 1 is 0.969 bits per heavy atom. The van der Waals surface area contributed by atoms with Crippen LogP contribution < -0.4 is 19.7 Å². The van der Waals surface area contributed by atoms with Gasteiger partial charge in [0, 0.05) is 12.1 Å². The molecule has 2 aliphatic carbocycles. The topological polar surface area (TPSA) is 105 Å². The summed E-state index contributed by atoms with van der Waals surface area (Å²) in [6.07, 6.45) is 11.4. The molecule has 32 heavy (non-hydrogen) atoms. The summed E-state index contributed by atoms with van der Waals surface area (Å²) in [5.41, 5.74) is 0.323. The summed E-state index contributed by atoms with van der Waals surface area (Å²) in [5, 5.41) is 3.07. The molecule has 2 saturated carbocycles. The van der Waals surface area contributed by atoms with Crippen molar-refractivity contribution in [3.05, 3.63) is 18.2 Å². The number of ether oxygens (including phenoxy) is 1. The highest BCUT2D eigenvalue weighted by atomic mass is 32.2. The molecular formula is C23H33N3O5S. The Morgan fingerprint density at radius 2 is 1.59 bits per heavy atom. The number of amides is 2. The first-order chi connectivity index (χ1) is 15.4. The Hall–Kier alpha value is -2.13. The predicted octanol–water partition coefficient (Wildman–Crippen LogP) is 2.86. The van der Waals surface area contributed by atoms with E-state index in [9.17, 15) is 18.0 Å². The van der Waals surface area contributed by atoms with Gasteiger partial charge in [0.15, 0.2) is 6.61 Å².